The van der Waals surface area contributed by atoms with Gasteiger partial charge >= 0.3 is 0 Å². The highest BCUT2D eigenvalue weighted by atomic mass is 16.5. The third-order valence-electron chi connectivity index (χ3n) is 3.38. The highest BCUT2D eigenvalue weighted by Crippen LogP contribution is 2.24. The van der Waals surface area contributed by atoms with Crippen molar-refractivity contribution in [1.82, 2.24) is 5.32 Å². The molecule has 18 heavy (non-hydrogen) atoms. The number of rotatable bonds is 7. The molecule has 0 heterocycles. The Bertz CT molecular complexity index is 350. The van der Waals surface area contributed by atoms with Crippen molar-refractivity contribution in [2.24, 2.45) is 0 Å². The Kier molecular flexibility index (Phi) is 6.20. The third-order valence-corrected chi connectivity index (χ3v) is 3.38. The van der Waals surface area contributed by atoms with Crippen molar-refractivity contribution in [3.63, 3.8) is 0 Å². The fraction of sp³-hybridized carbons (Fsp3) is 0.625. The van der Waals surface area contributed by atoms with Crippen LogP contribution in [0.15, 0.2) is 12.1 Å². The Morgan fingerprint density at radius 3 is 2.28 bits per heavy atom. The Morgan fingerprint density at radius 1 is 1.11 bits per heavy atom. The normalized spacial score (nSPS) is 12.5. The molecule has 0 fully saturated rings. The molecule has 1 aromatic carbocycles. The summed E-state index contributed by atoms with van der Waals surface area (Å²) in [6, 6.07) is 4.98. The van der Waals surface area contributed by atoms with Crippen molar-refractivity contribution in [3.8, 4) is 5.75 Å². The van der Waals surface area contributed by atoms with Crippen LogP contribution in [0.3, 0.4) is 0 Å². The van der Waals surface area contributed by atoms with E-state index >= 15 is 0 Å². The third kappa shape index (κ3) is 4.69. The van der Waals surface area contributed by atoms with E-state index in [-0.39, 0.29) is 0 Å². The minimum absolute atomic E-state index is 0.604. The van der Waals surface area contributed by atoms with Crippen LogP contribution in [-0.2, 0) is 0 Å². The first kappa shape index (κ1) is 15.0. The van der Waals surface area contributed by atoms with E-state index in [4.69, 9.17) is 4.74 Å². The number of hydrogen-bond donors (Lipinski definition) is 1. The van der Waals surface area contributed by atoms with Crippen LogP contribution in [0.1, 0.15) is 42.9 Å². The minimum atomic E-state index is 0.604. The summed E-state index contributed by atoms with van der Waals surface area (Å²) in [7, 11) is 2.01. The van der Waals surface area contributed by atoms with Gasteiger partial charge in [0.25, 0.3) is 0 Å². The van der Waals surface area contributed by atoms with E-state index in [9.17, 15) is 0 Å². The highest BCUT2D eigenvalue weighted by molar-refractivity contribution is 5.42. The lowest BCUT2D eigenvalue weighted by Gasteiger charge is -2.14. The molecular formula is C16H27NO. The van der Waals surface area contributed by atoms with Crippen molar-refractivity contribution >= 4 is 0 Å². The van der Waals surface area contributed by atoms with Gasteiger partial charge in [0.2, 0.25) is 0 Å². The molecule has 0 spiro atoms. The molecule has 0 saturated heterocycles. The van der Waals surface area contributed by atoms with Crippen molar-refractivity contribution in [2.45, 2.75) is 53.0 Å². The number of hydrogen-bond acceptors (Lipinski definition) is 2. The minimum Gasteiger partial charge on any atom is -0.493 e. The summed E-state index contributed by atoms with van der Waals surface area (Å²) in [5.41, 5.74) is 3.80. The molecule has 0 radical (unpaired) electrons. The summed E-state index contributed by atoms with van der Waals surface area (Å²) < 4.78 is 5.92. The summed E-state index contributed by atoms with van der Waals surface area (Å²) in [4.78, 5) is 0. The van der Waals surface area contributed by atoms with Crippen molar-refractivity contribution < 1.29 is 4.74 Å². The molecule has 0 aliphatic rings. The van der Waals surface area contributed by atoms with Gasteiger partial charge in [-0.15, -0.1) is 0 Å². The van der Waals surface area contributed by atoms with Gasteiger partial charge < -0.3 is 10.1 Å². The van der Waals surface area contributed by atoms with Gasteiger partial charge in [-0.1, -0.05) is 17.7 Å². The molecular weight excluding hydrogens is 222 g/mol. The first-order valence-corrected chi connectivity index (χ1v) is 6.92. The van der Waals surface area contributed by atoms with Crippen molar-refractivity contribution in [2.75, 3.05) is 13.7 Å². The van der Waals surface area contributed by atoms with E-state index in [2.05, 4.69) is 45.1 Å². The van der Waals surface area contributed by atoms with E-state index in [0.29, 0.717) is 6.04 Å². The zero-order valence-corrected chi connectivity index (χ0v) is 12.5. The van der Waals surface area contributed by atoms with Gasteiger partial charge in [0.05, 0.1) is 6.61 Å². The van der Waals surface area contributed by atoms with Crippen molar-refractivity contribution in [1.29, 1.82) is 0 Å². The highest BCUT2D eigenvalue weighted by Gasteiger charge is 2.05. The molecule has 1 unspecified atom stereocenters. The van der Waals surface area contributed by atoms with Crippen LogP contribution < -0.4 is 10.1 Å². The Morgan fingerprint density at radius 2 is 1.72 bits per heavy atom. The van der Waals surface area contributed by atoms with E-state index in [0.717, 1.165) is 18.8 Å². The second-order valence-electron chi connectivity index (χ2n) is 5.26. The Labute approximate surface area is 112 Å². The Hall–Kier alpha value is -1.02. The maximum atomic E-state index is 5.92. The largest absolute Gasteiger partial charge is 0.493 e. The lowest BCUT2D eigenvalue weighted by atomic mass is 10.1. The predicted octanol–water partition coefficient (Wildman–Crippen LogP) is 3.77. The van der Waals surface area contributed by atoms with Gasteiger partial charge in [-0.25, -0.2) is 0 Å². The Balaban J connectivity index is 2.36. The van der Waals surface area contributed by atoms with E-state index < -0.39 is 0 Å². The standard InChI is InChI=1S/C16H27NO/c1-12-10-13(2)16(14(3)11-12)18-9-7-6-8-15(4)17-5/h10-11,15,17H,6-9H2,1-5H3. The summed E-state index contributed by atoms with van der Waals surface area (Å²) in [5.74, 6) is 1.07. The zero-order chi connectivity index (χ0) is 13.5. The second-order valence-corrected chi connectivity index (χ2v) is 5.26. The van der Waals surface area contributed by atoms with Gasteiger partial charge in [-0.2, -0.15) is 0 Å². The van der Waals surface area contributed by atoms with Crippen LogP contribution in [0.2, 0.25) is 0 Å². The average molecular weight is 249 g/mol. The maximum absolute atomic E-state index is 5.92. The summed E-state index contributed by atoms with van der Waals surface area (Å²) in [5, 5.41) is 3.26. The van der Waals surface area contributed by atoms with Gasteiger partial charge in [0.1, 0.15) is 5.75 Å². The van der Waals surface area contributed by atoms with Crippen LogP contribution in [0.5, 0.6) is 5.75 Å². The topological polar surface area (TPSA) is 21.3 Å². The molecule has 0 aromatic heterocycles. The fourth-order valence-corrected chi connectivity index (χ4v) is 2.27. The average Bonchev–Trinajstić information content (AvgIpc) is 2.31. The van der Waals surface area contributed by atoms with E-state index in [1.807, 2.05) is 7.05 Å². The first-order chi connectivity index (χ1) is 8.54. The van der Waals surface area contributed by atoms with E-state index in [1.165, 1.54) is 29.5 Å². The van der Waals surface area contributed by atoms with Crippen LogP contribution in [0, 0.1) is 20.8 Å². The molecule has 0 bridgehead atoms. The first-order valence-electron chi connectivity index (χ1n) is 6.92. The van der Waals surface area contributed by atoms with E-state index in [1.54, 1.807) is 0 Å². The van der Waals surface area contributed by atoms with Crippen molar-refractivity contribution in [3.05, 3.63) is 28.8 Å². The second kappa shape index (κ2) is 7.42. The summed E-state index contributed by atoms with van der Waals surface area (Å²) in [6.07, 6.45) is 3.55. The maximum Gasteiger partial charge on any atom is 0.125 e. The number of ether oxygens (including phenoxy) is 1. The van der Waals surface area contributed by atoms with Crippen LogP contribution in [0.4, 0.5) is 0 Å². The van der Waals surface area contributed by atoms with Crippen LogP contribution >= 0.6 is 0 Å². The molecule has 1 N–H and O–H groups in total. The summed E-state index contributed by atoms with van der Waals surface area (Å²) in [6.45, 7) is 9.41. The molecule has 1 aromatic rings. The van der Waals surface area contributed by atoms with Crippen LogP contribution in [-0.4, -0.2) is 19.7 Å². The quantitative estimate of drug-likeness (QED) is 0.743. The van der Waals surface area contributed by atoms with Gasteiger partial charge in [-0.3, -0.25) is 0 Å². The van der Waals surface area contributed by atoms with Gasteiger partial charge in [0.15, 0.2) is 0 Å². The molecule has 2 heteroatoms. The number of aryl methyl sites for hydroxylation is 3. The molecule has 0 saturated carbocycles. The molecule has 0 aliphatic carbocycles. The number of benzene rings is 1. The SMILES string of the molecule is CNC(C)CCCCOc1c(C)cc(C)cc1C. The molecule has 102 valence electrons. The fourth-order valence-electron chi connectivity index (χ4n) is 2.27. The molecule has 0 aliphatic heterocycles. The summed E-state index contributed by atoms with van der Waals surface area (Å²) >= 11 is 0. The smallest absolute Gasteiger partial charge is 0.125 e. The lowest BCUT2D eigenvalue weighted by Crippen LogP contribution is -2.20. The number of unbranched alkanes of at least 4 members (excludes halogenated alkanes) is 1. The molecule has 1 rings (SSSR count). The zero-order valence-electron chi connectivity index (χ0n) is 12.5. The van der Waals surface area contributed by atoms with Gasteiger partial charge in [0, 0.05) is 6.04 Å². The lowest BCUT2D eigenvalue weighted by molar-refractivity contribution is 0.298. The molecule has 2 nitrogen and oxygen atoms in total. The monoisotopic (exact) mass is 249 g/mol. The number of nitrogens with one attached hydrogen (secondary N) is 1. The predicted molar refractivity (Wildman–Crippen MR) is 78.5 cm³/mol. The van der Waals surface area contributed by atoms with Gasteiger partial charge in [-0.05, 0) is 65.1 Å². The van der Waals surface area contributed by atoms with Crippen LogP contribution in [0.25, 0.3) is 0 Å². The molecule has 1 atom stereocenters. The molecule has 0 amide bonds.